The third-order valence-corrected chi connectivity index (χ3v) is 7.80. The Morgan fingerprint density at radius 3 is 1.98 bits per heavy atom. The van der Waals surface area contributed by atoms with Crippen molar-refractivity contribution in [2.75, 3.05) is 18.5 Å². The van der Waals surface area contributed by atoms with Gasteiger partial charge >= 0.3 is 30.8 Å². The van der Waals surface area contributed by atoms with Crippen LogP contribution in [0.5, 0.6) is 5.75 Å². The number of hydrogen-bond acceptors (Lipinski definition) is 5. The van der Waals surface area contributed by atoms with Crippen molar-refractivity contribution in [3.63, 3.8) is 0 Å². The minimum absolute atomic E-state index is 0.0289. The van der Waals surface area contributed by atoms with Crippen molar-refractivity contribution in [2.24, 2.45) is 5.92 Å². The lowest BCUT2D eigenvalue weighted by atomic mass is 9.90. The predicted molar refractivity (Wildman–Crippen MR) is 147 cm³/mol. The van der Waals surface area contributed by atoms with Gasteiger partial charge in [0.25, 0.3) is 0 Å². The van der Waals surface area contributed by atoms with Crippen LogP contribution in [0.15, 0.2) is 36.4 Å². The number of carboxylic acids is 1. The fraction of sp³-hybridized carbons (Fsp3) is 0.533. The SMILES string of the molecule is CCN(C)c1ccc(OC(F)(F)F)cc1CN1C(=O)OC(c2cc(C(F)(F)F)cc(C(F)(F)F)c2)C1C.O=C(O)C1CCCCC1. The van der Waals surface area contributed by atoms with E-state index in [9.17, 15) is 49.1 Å². The molecule has 2 aromatic rings. The topological polar surface area (TPSA) is 79.3 Å². The van der Waals surface area contributed by atoms with Crippen molar-refractivity contribution >= 4 is 17.7 Å². The molecule has 2 aromatic carbocycles. The van der Waals surface area contributed by atoms with E-state index in [0.717, 1.165) is 42.7 Å². The average Bonchev–Trinajstić information content (AvgIpc) is 3.24. The third-order valence-electron chi connectivity index (χ3n) is 7.80. The zero-order valence-electron chi connectivity index (χ0n) is 25.0. The summed E-state index contributed by atoms with van der Waals surface area (Å²) in [6.07, 6.45) is -12.5. The lowest BCUT2D eigenvalue weighted by Gasteiger charge is -2.26. The van der Waals surface area contributed by atoms with Gasteiger partial charge in [0, 0.05) is 19.3 Å². The Bertz CT molecular complexity index is 1340. The minimum Gasteiger partial charge on any atom is -0.481 e. The molecule has 0 spiro atoms. The molecule has 0 bridgehead atoms. The van der Waals surface area contributed by atoms with Crippen LogP contribution in [0.25, 0.3) is 0 Å². The first-order chi connectivity index (χ1) is 21.2. The molecule has 1 amide bonds. The molecule has 1 N–H and O–H groups in total. The van der Waals surface area contributed by atoms with Crippen LogP contribution in [0.2, 0.25) is 0 Å². The lowest BCUT2D eigenvalue weighted by molar-refractivity contribution is -0.274. The van der Waals surface area contributed by atoms with Gasteiger partial charge < -0.3 is 19.5 Å². The van der Waals surface area contributed by atoms with Gasteiger partial charge in [0.05, 0.1) is 29.6 Å². The van der Waals surface area contributed by atoms with E-state index in [-0.39, 0.29) is 24.1 Å². The van der Waals surface area contributed by atoms with Crippen molar-refractivity contribution in [2.45, 2.75) is 83.4 Å². The van der Waals surface area contributed by atoms with Crippen molar-refractivity contribution in [1.82, 2.24) is 4.90 Å². The molecule has 1 saturated carbocycles. The van der Waals surface area contributed by atoms with Crippen molar-refractivity contribution in [1.29, 1.82) is 0 Å². The fourth-order valence-corrected chi connectivity index (χ4v) is 5.26. The van der Waals surface area contributed by atoms with Crippen LogP contribution in [-0.2, 0) is 28.4 Å². The molecule has 0 radical (unpaired) electrons. The van der Waals surface area contributed by atoms with Gasteiger partial charge in [0.15, 0.2) is 0 Å². The maximum atomic E-state index is 13.3. The summed E-state index contributed by atoms with van der Waals surface area (Å²) in [5.74, 6) is -1.20. The second kappa shape index (κ2) is 14.3. The Balaban J connectivity index is 0.000000549. The lowest BCUT2D eigenvalue weighted by Crippen LogP contribution is -2.32. The summed E-state index contributed by atoms with van der Waals surface area (Å²) in [5.41, 5.74) is -3.04. The molecule has 1 aliphatic heterocycles. The van der Waals surface area contributed by atoms with Crippen LogP contribution in [0, 0.1) is 5.92 Å². The maximum absolute atomic E-state index is 13.3. The summed E-state index contributed by atoms with van der Waals surface area (Å²) in [6.45, 7) is 3.19. The van der Waals surface area contributed by atoms with Gasteiger partial charge in [-0.15, -0.1) is 13.2 Å². The highest BCUT2D eigenvalue weighted by atomic mass is 19.4. The Morgan fingerprint density at radius 2 is 1.52 bits per heavy atom. The molecule has 16 heteroatoms. The standard InChI is InChI=1S/C23H21F9N2O3.C7H12O2/c1-4-33(3)18-6-5-17(37-23(30,31)32)9-14(18)11-34-12(2)19(36-20(34)35)13-7-15(21(24,25)26)10-16(8-13)22(27,28)29;8-7(9)6-4-2-1-3-5-6/h5-10,12,19H,4,11H2,1-3H3;6H,1-5H2,(H,8,9). The average molecular weight is 673 g/mol. The number of cyclic esters (lactones) is 1. The first-order valence-corrected chi connectivity index (χ1v) is 14.3. The van der Waals surface area contributed by atoms with Crippen molar-refractivity contribution in [3.05, 3.63) is 58.7 Å². The first kappa shape index (κ1) is 36.6. The van der Waals surface area contributed by atoms with Gasteiger partial charge in [0.2, 0.25) is 0 Å². The number of hydrogen-bond donors (Lipinski definition) is 1. The summed E-state index contributed by atoms with van der Waals surface area (Å²) in [6, 6.07) is 3.31. The van der Waals surface area contributed by atoms with E-state index in [1.54, 1.807) is 18.9 Å². The van der Waals surface area contributed by atoms with E-state index in [4.69, 9.17) is 9.84 Å². The van der Waals surface area contributed by atoms with E-state index < -0.39 is 65.4 Å². The summed E-state index contributed by atoms with van der Waals surface area (Å²) in [4.78, 5) is 25.7. The Morgan fingerprint density at radius 1 is 0.957 bits per heavy atom. The number of rotatable bonds is 7. The molecule has 1 heterocycles. The Hall–Kier alpha value is -3.85. The second-order valence-electron chi connectivity index (χ2n) is 11.0. The van der Waals surface area contributed by atoms with Gasteiger partial charge in [-0.05, 0) is 74.2 Å². The van der Waals surface area contributed by atoms with E-state index in [0.29, 0.717) is 24.4 Å². The van der Waals surface area contributed by atoms with Crippen molar-refractivity contribution < 1.29 is 63.7 Å². The zero-order valence-corrected chi connectivity index (χ0v) is 25.0. The minimum atomic E-state index is -5.10. The molecule has 46 heavy (non-hydrogen) atoms. The molecule has 0 aromatic heterocycles. The molecular formula is C30H33F9N2O5. The smallest absolute Gasteiger partial charge is 0.481 e. The van der Waals surface area contributed by atoms with Gasteiger partial charge in [-0.2, -0.15) is 26.3 Å². The number of amides is 1. The fourth-order valence-electron chi connectivity index (χ4n) is 5.26. The third kappa shape index (κ3) is 9.58. The molecule has 1 aliphatic carbocycles. The van der Waals surface area contributed by atoms with Gasteiger partial charge in [-0.25, -0.2) is 4.79 Å². The number of anilines is 1. The molecule has 1 saturated heterocycles. The molecule has 2 fully saturated rings. The molecule has 256 valence electrons. The number of ether oxygens (including phenoxy) is 2. The number of halogens is 9. The van der Waals surface area contributed by atoms with Crippen LogP contribution in [0.4, 0.5) is 50.0 Å². The van der Waals surface area contributed by atoms with Crippen LogP contribution in [0.3, 0.4) is 0 Å². The van der Waals surface area contributed by atoms with E-state index >= 15 is 0 Å². The van der Waals surface area contributed by atoms with Crippen LogP contribution in [-0.4, -0.2) is 48.1 Å². The van der Waals surface area contributed by atoms with Crippen molar-refractivity contribution in [3.8, 4) is 5.75 Å². The number of nitrogens with zero attached hydrogens (tertiary/aromatic N) is 2. The zero-order chi connectivity index (χ0) is 34.6. The molecule has 2 aliphatic rings. The second-order valence-corrected chi connectivity index (χ2v) is 11.0. The van der Waals surface area contributed by atoms with Gasteiger partial charge in [0.1, 0.15) is 11.9 Å². The highest BCUT2D eigenvalue weighted by Gasteiger charge is 2.43. The Kier molecular flexibility index (Phi) is 11.4. The summed E-state index contributed by atoms with van der Waals surface area (Å²) >= 11 is 0. The first-order valence-electron chi connectivity index (χ1n) is 14.3. The van der Waals surface area contributed by atoms with E-state index in [1.807, 2.05) is 0 Å². The quantitative estimate of drug-likeness (QED) is 0.296. The number of alkyl halides is 9. The number of carbonyl (C=O) groups excluding carboxylic acids is 1. The largest absolute Gasteiger partial charge is 0.573 e. The van der Waals surface area contributed by atoms with Crippen LogP contribution in [0.1, 0.15) is 74.3 Å². The number of benzene rings is 2. The number of carbonyl (C=O) groups is 2. The molecule has 2 atom stereocenters. The molecule has 2 unspecified atom stereocenters. The summed E-state index contributed by atoms with van der Waals surface area (Å²) in [7, 11) is 1.64. The van der Waals surface area contributed by atoms with Gasteiger partial charge in [-0.3, -0.25) is 9.69 Å². The molecule has 4 rings (SSSR count). The maximum Gasteiger partial charge on any atom is 0.573 e. The van der Waals surface area contributed by atoms with Gasteiger partial charge in [-0.1, -0.05) is 19.3 Å². The normalized spacial score (nSPS) is 19.3. The van der Waals surface area contributed by atoms with Crippen LogP contribution < -0.4 is 9.64 Å². The highest BCUT2D eigenvalue weighted by Crippen LogP contribution is 2.41. The van der Waals surface area contributed by atoms with Crippen LogP contribution >= 0.6 is 0 Å². The number of carboxylic acid groups (broad SMARTS) is 1. The van der Waals surface area contributed by atoms with E-state index in [1.165, 1.54) is 19.4 Å². The Labute approximate surface area is 258 Å². The molecular weight excluding hydrogens is 639 g/mol. The summed E-state index contributed by atoms with van der Waals surface area (Å²) < 4.78 is 127. The molecule has 7 nitrogen and oxygen atoms in total. The predicted octanol–water partition coefficient (Wildman–Crippen LogP) is 8.81. The highest BCUT2D eigenvalue weighted by molar-refractivity contribution is 5.72. The van der Waals surface area contributed by atoms with E-state index in [2.05, 4.69) is 4.74 Å². The summed E-state index contributed by atoms with van der Waals surface area (Å²) in [5, 5.41) is 8.54. The monoisotopic (exact) mass is 672 g/mol. The number of aliphatic carboxylic acids is 1.